The van der Waals surface area contributed by atoms with Crippen LogP contribution in [0.4, 0.5) is 0 Å². The molecule has 1 aromatic heterocycles. The van der Waals surface area contributed by atoms with E-state index in [0.717, 1.165) is 0 Å². The zero-order chi connectivity index (χ0) is 6.97. The molecule has 1 heterocycles. The topological polar surface area (TPSA) is 15.8 Å². The molecule has 0 aliphatic carbocycles. The summed E-state index contributed by atoms with van der Waals surface area (Å²) in [5.41, 5.74) is 1.24. The van der Waals surface area contributed by atoms with Crippen molar-refractivity contribution in [2.75, 3.05) is 0 Å². The van der Waals surface area contributed by atoms with E-state index in [1.54, 1.807) is 16.9 Å². The number of hydrogen-bond acceptors (Lipinski definition) is 0. The molecule has 50 valence electrons. The van der Waals surface area contributed by atoms with Gasteiger partial charge in [-0.3, -0.25) is 0 Å². The van der Waals surface area contributed by atoms with Gasteiger partial charge in [0.05, 0.1) is 0 Å². The van der Waals surface area contributed by atoms with Gasteiger partial charge in [-0.2, -0.15) is 0 Å². The second kappa shape index (κ2) is 2.17. The van der Waals surface area contributed by atoms with Gasteiger partial charge in [0.1, 0.15) is 0 Å². The average Bonchev–Trinajstić information content (AvgIpc) is 2.33. The minimum atomic E-state index is 1.24. The van der Waals surface area contributed by atoms with Gasteiger partial charge in [0.2, 0.25) is 0 Å². The quantitative estimate of drug-likeness (QED) is 0.584. The van der Waals surface area contributed by atoms with Crippen molar-refractivity contribution in [3.63, 3.8) is 0 Å². The molecule has 1 atom stereocenters. The molecule has 10 heavy (non-hydrogen) atoms. The number of rotatable bonds is 0. The molecule has 0 saturated carbocycles. The van der Waals surface area contributed by atoms with Crippen molar-refractivity contribution in [1.82, 2.24) is 4.98 Å². The first kappa shape index (κ1) is 6.06. The van der Waals surface area contributed by atoms with Gasteiger partial charge in [-0.25, -0.2) is 0 Å². The molecule has 2 heteroatoms. The van der Waals surface area contributed by atoms with E-state index < -0.39 is 0 Å². The van der Waals surface area contributed by atoms with Gasteiger partial charge in [-0.1, -0.05) is 0 Å². The fraction of sp³-hybridized carbons (Fsp3) is 0. The summed E-state index contributed by atoms with van der Waals surface area (Å²) in [6.07, 6.45) is 1.97. The van der Waals surface area contributed by atoms with E-state index in [1.165, 1.54) is 15.3 Å². The predicted molar refractivity (Wildman–Crippen MR) is 46.5 cm³/mol. The SMILES string of the molecule is [AsH2]c1ccc2cc[nH]c2c1. The summed E-state index contributed by atoms with van der Waals surface area (Å²) in [5.74, 6) is 0. The van der Waals surface area contributed by atoms with Crippen molar-refractivity contribution >= 4 is 32.1 Å². The molecule has 1 N–H and O–H groups in total. The van der Waals surface area contributed by atoms with Gasteiger partial charge in [0, 0.05) is 0 Å². The van der Waals surface area contributed by atoms with Crippen molar-refractivity contribution < 1.29 is 0 Å². The zero-order valence-electron chi connectivity index (χ0n) is 5.46. The molecule has 2 rings (SSSR count). The number of benzene rings is 1. The van der Waals surface area contributed by atoms with Crippen LogP contribution in [0.5, 0.6) is 0 Å². The van der Waals surface area contributed by atoms with Crippen LogP contribution in [0.25, 0.3) is 10.9 Å². The normalized spacial score (nSPS) is 10.5. The van der Waals surface area contributed by atoms with E-state index in [9.17, 15) is 0 Å². The molecular formula is C8H8AsN. The van der Waals surface area contributed by atoms with Crippen LogP contribution in [0, 0.1) is 0 Å². The van der Waals surface area contributed by atoms with E-state index in [1.807, 2.05) is 6.20 Å². The molecule has 0 fully saturated rings. The minimum absolute atomic E-state index is 1.24. The molecular weight excluding hydrogens is 185 g/mol. The molecule has 0 saturated heterocycles. The Hall–Kier alpha value is -0.682. The fourth-order valence-electron chi connectivity index (χ4n) is 1.07. The van der Waals surface area contributed by atoms with E-state index in [-0.39, 0.29) is 0 Å². The third-order valence-corrected chi connectivity index (χ3v) is 2.33. The Labute approximate surface area is 67.9 Å². The van der Waals surface area contributed by atoms with Crippen molar-refractivity contribution in [1.29, 1.82) is 0 Å². The third kappa shape index (κ3) is 0.871. The van der Waals surface area contributed by atoms with Gasteiger partial charge >= 0.3 is 67.6 Å². The maximum absolute atomic E-state index is 3.17. The monoisotopic (exact) mass is 193 g/mol. The summed E-state index contributed by atoms with van der Waals surface area (Å²) in [5, 5.41) is 1.29. The first-order chi connectivity index (χ1) is 4.86. The van der Waals surface area contributed by atoms with Gasteiger partial charge in [-0.05, 0) is 0 Å². The van der Waals surface area contributed by atoms with Crippen LogP contribution in [0.1, 0.15) is 0 Å². The molecule has 1 nitrogen and oxygen atoms in total. The molecule has 1 aromatic carbocycles. The Kier molecular flexibility index (Phi) is 1.32. The summed E-state index contributed by atoms with van der Waals surface area (Å²) in [4.78, 5) is 3.17. The molecule has 2 aromatic rings. The zero-order valence-corrected chi connectivity index (χ0v) is 7.89. The van der Waals surface area contributed by atoms with Gasteiger partial charge < -0.3 is 0 Å². The molecule has 0 radical (unpaired) electrons. The average molecular weight is 193 g/mol. The summed E-state index contributed by atoms with van der Waals surface area (Å²) in [6, 6.07) is 8.55. The summed E-state index contributed by atoms with van der Waals surface area (Å²) in [7, 11) is 0. The summed E-state index contributed by atoms with van der Waals surface area (Å²) >= 11 is 1.66. The Morgan fingerprint density at radius 2 is 2.10 bits per heavy atom. The molecule has 0 spiro atoms. The van der Waals surface area contributed by atoms with Crippen molar-refractivity contribution in [2.45, 2.75) is 0 Å². The van der Waals surface area contributed by atoms with E-state index in [0.29, 0.717) is 0 Å². The van der Waals surface area contributed by atoms with Crippen LogP contribution in [-0.4, -0.2) is 21.8 Å². The predicted octanol–water partition coefficient (Wildman–Crippen LogP) is 0.426. The Bertz CT molecular complexity index is 351. The van der Waals surface area contributed by atoms with Gasteiger partial charge in [0.15, 0.2) is 0 Å². The first-order valence-electron chi connectivity index (χ1n) is 3.19. The fourth-order valence-corrected chi connectivity index (χ4v) is 1.62. The molecule has 0 amide bonds. The number of aromatic nitrogens is 1. The van der Waals surface area contributed by atoms with E-state index in [2.05, 4.69) is 29.2 Å². The Balaban J connectivity index is 2.86. The second-order valence-electron chi connectivity index (χ2n) is 2.32. The summed E-state index contributed by atoms with van der Waals surface area (Å²) in [6.45, 7) is 0. The van der Waals surface area contributed by atoms with Crippen LogP contribution in [0.3, 0.4) is 0 Å². The number of H-pyrrole nitrogens is 1. The molecule has 1 unspecified atom stereocenters. The standard InChI is InChI=1S/C8H8AsN/c9-7-2-1-6-3-4-10-8(6)5-7/h1-5,10H,9H2. The van der Waals surface area contributed by atoms with Gasteiger partial charge in [-0.15, -0.1) is 0 Å². The van der Waals surface area contributed by atoms with Crippen LogP contribution < -0.4 is 4.35 Å². The molecule has 0 aliphatic heterocycles. The van der Waals surface area contributed by atoms with Gasteiger partial charge in [0.25, 0.3) is 0 Å². The third-order valence-electron chi connectivity index (χ3n) is 1.58. The van der Waals surface area contributed by atoms with Crippen LogP contribution >= 0.6 is 0 Å². The summed E-state index contributed by atoms with van der Waals surface area (Å²) < 4.78 is 1.36. The van der Waals surface area contributed by atoms with Crippen molar-refractivity contribution in [3.8, 4) is 0 Å². The van der Waals surface area contributed by atoms with Crippen LogP contribution in [-0.2, 0) is 0 Å². The maximum atomic E-state index is 3.17. The number of aromatic amines is 1. The Morgan fingerprint density at radius 1 is 1.20 bits per heavy atom. The number of nitrogens with one attached hydrogen (secondary N) is 1. The van der Waals surface area contributed by atoms with E-state index >= 15 is 0 Å². The van der Waals surface area contributed by atoms with Crippen molar-refractivity contribution in [2.24, 2.45) is 0 Å². The second-order valence-corrected chi connectivity index (χ2v) is 3.72. The first-order valence-corrected chi connectivity index (χ1v) is 4.40. The van der Waals surface area contributed by atoms with E-state index in [4.69, 9.17) is 0 Å². The molecule has 0 bridgehead atoms. The van der Waals surface area contributed by atoms with Crippen LogP contribution in [0.2, 0.25) is 0 Å². The van der Waals surface area contributed by atoms with Crippen LogP contribution in [0.15, 0.2) is 30.5 Å². The van der Waals surface area contributed by atoms with Crippen molar-refractivity contribution in [3.05, 3.63) is 30.5 Å². The number of fused-ring (bicyclic) bond motifs is 1. The Morgan fingerprint density at radius 3 is 3.00 bits per heavy atom. The molecule has 0 aliphatic rings. The number of hydrogen-bond donors (Lipinski definition) is 1.